The lowest BCUT2D eigenvalue weighted by molar-refractivity contribution is 0.430. The minimum Gasteiger partial charge on any atom is -0.469 e. The molecule has 0 aliphatic rings. The Kier molecular flexibility index (Phi) is 5.22. The van der Waals surface area contributed by atoms with Crippen LogP contribution in [0.4, 0.5) is 0 Å². The smallest absolute Gasteiger partial charge is 0.105 e. The van der Waals surface area contributed by atoms with Crippen LogP contribution in [0.2, 0.25) is 0 Å². The molecule has 1 aromatic carbocycles. The number of furan rings is 1. The van der Waals surface area contributed by atoms with Crippen molar-refractivity contribution in [3.05, 3.63) is 59.5 Å². The molecular weight excluding hydrogens is 234 g/mol. The summed E-state index contributed by atoms with van der Waals surface area (Å²) in [6, 6.07) is 13.1. The number of aryl methyl sites for hydroxylation is 2. The summed E-state index contributed by atoms with van der Waals surface area (Å²) in [4.78, 5) is 0. The van der Waals surface area contributed by atoms with Crippen LogP contribution in [0.3, 0.4) is 0 Å². The summed E-state index contributed by atoms with van der Waals surface area (Å²) in [6.45, 7) is 5.34. The molecule has 19 heavy (non-hydrogen) atoms. The van der Waals surface area contributed by atoms with Crippen molar-refractivity contribution in [3.63, 3.8) is 0 Å². The van der Waals surface area contributed by atoms with Gasteiger partial charge < -0.3 is 9.73 Å². The maximum absolute atomic E-state index is 5.45. The van der Waals surface area contributed by atoms with Gasteiger partial charge in [-0.2, -0.15) is 0 Å². The molecule has 0 saturated carbocycles. The molecule has 0 amide bonds. The summed E-state index contributed by atoms with van der Waals surface area (Å²) in [5.74, 6) is 1.07. The van der Waals surface area contributed by atoms with Crippen molar-refractivity contribution in [2.45, 2.75) is 39.2 Å². The molecule has 0 spiro atoms. The second-order valence-corrected chi connectivity index (χ2v) is 5.00. The van der Waals surface area contributed by atoms with Crippen molar-refractivity contribution >= 4 is 0 Å². The summed E-state index contributed by atoms with van der Waals surface area (Å²) in [7, 11) is 0. The second-order valence-electron chi connectivity index (χ2n) is 5.00. The zero-order chi connectivity index (χ0) is 13.5. The predicted molar refractivity (Wildman–Crippen MR) is 79.4 cm³/mol. The highest BCUT2D eigenvalue weighted by Crippen LogP contribution is 2.13. The van der Waals surface area contributed by atoms with Crippen molar-refractivity contribution in [1.29, 1.82) is 0 Å². The Hall–Kier alpha value is -1.54. The normalized spacial score (nSPS) is 12.5. The van der Waals surface area contributed by atoms with Crippen molar-refractivity contribution in [3.8, 4) is 0 Å². The zero-order valence-corrected chi connectivity index (χ0v) is 11.9. The number of nitrogens with one attached hydrogen (secondary N) is 1. The minimum absolute atomic E-state index is 0.482. The first kappa shape index (κ1) is 13.9. The van der Waals surface area contributed by atoms with Gasteiger partial charge in [-0.05, 0) is 49.6 Å². The third kappa shape index (κ3) is 4.25. The minimum atomic E-state index is 0.482. The van der Waals surface area contributed by atoms with Gasteiger partial charge >= 0.3 is 0 Å². The van der Waals surface area contributed by atoms with E-state index in [0.717, 1.165) is 31.6 Å². The maximum atomic E-state index is 5.45. The first-order chi connectivity index (χ1) is 9.29. The molecule has 0 aliphatic carbocycles. The van der Waals surface area contributed by atoms with E-state index in [1.54, 1.807) is 6.26 Å². The van der Waals surface area contributed by atoms with Crippen molar-refractivity contribution < 1.29 is 4.42 Å². The second kappa shape index (κ2) is 7.15. The fraction of sp³-hybridized carbons (Fsp3) is 0.412. The molecule has 1 unspecified atom stereocenters. The Bertz CT molecular complexity index is 476. The average Bonchev–Trinajstić information content (AvgIpc) is 2.91. The summed E-state index contributed by atoms with van der Waals surface area (Å²) in [5, 5.41) is 3.55. The van der Waals surface area contributed by atoms with Gasteiger partial charge in [0.05, 0.1) is 6.26 Å². The van der Waals surface area contributed by atoms with Gasteiger partial charge in [0.1, 0.15) is 5.76 Å². The van der Waals surface area contributed by atoms with Crippen LogP contribution in [0.15, 0.2) is 47.1 Å². The molecule has 2 aromatic rings. The van der Waals surface area contributed by atoms with E-state index >= 15 is 0 Å². The Labute approximate surface area is 115 Å². The standard InChI is InChI=1S/C17H23NO/c1-3-18-16(13-17-9-6-12-19-17)11-10-15-8-5-4-7-14(15)2/h4-9,12,16,18H,3,10-11,13H2,1-2H3. The van der Waals surface area contributed by atoms with E-state index in [9.17, 15) is 0 Å². The molecular formula is C17H23NO. The maximum Gasteiger partial charge on any atom is 0.105 e. The van der Waals surface area contributed by atoms with E-state index in [2.05, 4.69) is 49.5 Å². The van der Waals surface area contributed by atoms with Gasteiger partial charge in [-0.25, -0.2) is 0 Å². The van der Waals surface area contributed by atoms with Crippen LogP contribution in [0.1, 0.15) is 30.2 Å². The highest BCUT2D eigenvalue weighted by atomic mass is 16.3. The lowest BCUT2D eigenvalue weighted by Crippen LogP contribution is -2.31. The molecule has 2 nitrogen and oxygen atoms in total. The monoisotopic (exact) mass is 257 g/mol. The molecule has 0 bridgehead atoms. The lowest BCUT2D eigenvalue weighted by atomic mass is 9.99. The quantitative estimate of drug-likeness (QED) is 0.817. The van der Waals surface area contributed by atoms with E-state index in [0.29, 0.717) is 6.04 Å². The largest absolute Gasteiger partial charge is 0.469 e. The predicted octanol–water partition coefficient (Wildman–Crippen LogP) is 3.74. The lowest BCUT2D eigenvalue weighted by Gasteiger charge is -2.17. The number of hydrogen-bond acceptors (Lipinski definition) is 2. The first-order valence-corrected chi connectivity index (χ1v) is 7.10. The Morgan fingerprint density at radius 3 is 2.68 bits per heavy atom. The van der Waals surface area contributed by atoms with Gasteiger partial charge in [-0.15, -0.1) is 0 Å². The van der Waals surface area contributed by atoms with Gasteiger partial charge in [0.15, 0.2) is 0 Å². The van der Waals surface area contributed by atoms with Crippen LogP contribution in [0, 0.1) is 6.92 Å². The molecule has 2 rings (SSSR count). The van der Waals surface area contributed by atoms with Crippen LogP contribution in [0.5, 0.6) is 0 Å². The number of hydrogen-bond donors (Lipinski definition) is 1. The molecule has 1 atom stereocenters. The Morgan fingerprint density at radius 2 is 2.00 bits per heavy atom. The molecule has 1 aromatic heterocycles. The molecule has 0 saturated heterocycles. The number of likely N-dealkylation sites (N-methyl/N-ethyl adjacent to an activating group) is 1. The third-order valence-corrected chi connectivity index (χ3v) is 3.54. The summed E-state index contributed by atoms with van der Waals surface area (Å²) in [5.41, 5.74) is 2.83. The third-order valence-electron chi connectivity index (χ3n) is 3.54. The van der Waals surface area contributed by atoms with Crippen LogP contribution < -0.4 is 5.32 Å². The molecule has 0 radical (unpaired) electrons. The van der Waals surface area contributed by atoms with Gasteiger partial charge in [0.25, 0.3) is 0 Å². The fourth-order valence-electron chi connectivity index (χ4n) is 2.46. The van der Waals surface area contributed by atoms with Gasteiger partial charge in [0, 0.05) is 12.5 Å². The molecule has 102 valence electrons. The van der Waals surface area contributed by atoms with Gasteiger partial charge in [0.2, 0.25) is 0 Å². The highest BCUT2D eigenvalue weighted by Gasteiger charge is 2.10. The topological polar surface area (TPSA) is 25.2 Å². The zero-order valence-electron chi connectivity index (χ0n) is 11.9. The molecule has 1 heterocycles. The Balaban J connectivity index is 1.91. The highest BCUT2D eigenvalue weighted by molar-refractivity contribution is 5.25. The summed E-state index contributed by atoms with van der Waals surface area (Å²) >= 11 is 0. The molecule has 1 N–H and O–H groups in total. The summed E-state index contributed by atoms with van der Waals surface area (Å²) < 4.78 is 5.45. The molecule has 0 fully saturated rings. The Morgan fingerprint density at radius 1 is 1.16 bits per heavy atom. The molecule has 0 aliphatic heterocycles. The average molecular weight is 257 g/mol. The van der Waals surface area contributed by atoms with E-state index in [1.807, 2.05) is 6.07 Å². The first-order valence-electron chi connectivity index (χ1n) is 7.10. The van der Waals surface area contributed by atoms with E-state index in [4.69, 9.17) is 4.42 Å². The van der Waals surface area contributed by atoms with E-state index in [1.165, 1.54) is 11.1 Å². The van der Waals surface area contributed by atoms with Crippen LogP contribution in [-0.2, 0) is 12.8 Å². The summed E-state index contributed by atoms with van der Waals surface area (Å²) in [6.07, 6.45) is 4.97. The van der Waals surface area contributed by atoms with Crippen LogP contribution in [0.25, 0.3) is 0 Å². The van der Waals surface area contributed by atoms with Gasteiger partial charge in [-0.1, -0.05) is 31.2 Å². The number of benzene rings is 1. The SMILES string of the molecule is CCNC(CCc1ccccc1C)Cc1ccco1. The van der Waals surface area contributed by atoms with Crippen molar-refractivity contribution in [2.75, 3.05) is 6.54 Å². The van der Waals surface area contributed by atoms with E-state index in [-0.39, 0.29) is 0 Å². The number of rotatable bonds is 7. The van der Waals surface area contributed by atoms with Crippen molar-refractivity contribution in [2.24, 2.45) is 0 Å². The molecule has 2 heteroatoms. The van der Waals surface area contributed by atoms with Crippen molar-refractivity contribution in [1.82, 2.24) is 5.32 Å². The van der Waals surface area contributed by atoms with Crippen LogP contribution in [-0.4, -0.2) is 12.6 Å². The fourth-order valence-corrected chi connectivity index (χ4v) is 2.46. The van der Waals surface area contributed by atoms with Gasteiger partial charge in [-0.3, -0.25) is 0 Å². The van der Waals surface area contributed by atoms with E-state index < -0.39 is 0 Å². The van der Waals surface area contributed by atoms with Crippen LogP contribution >= 0.6 is 0 Å².